The molecule has 0 aliphatic heterocycles. The Bertz CT molecular complexity index is 331. The van der Waals surface area contributed by atoms with Crippen LogP contribution in [-0.4, -0.2) is 5.11 Å². The van der Waals surface area contributed by atoms with Gasteiger partial charge in [0, 0.05) is 6.04 Å². The van der Waals surface area contributed by atoms with Crippen LogP contribution in [0.15, 0.2) is 10.5 Å². The van der Waals surface area contributed by atoms with E-state index in [2.05, 4.69) is 15.9 Å². The van der Waals surface area contributed by atoms with Crippen LogP contribution in [0.25, 0.3) is 0 Å². The Morgan fingerprint density at radius 3 is 2.64 bits per heavy atom. The maximum Gasteiger partial charge on any atom is 0.167 e. The summed E-state index contributed by atoms with van der Waals surface area (Å²) in [5.41, 5.74) is 5.37. The molecule has 0 amide bonds. The van der Waals surface area contributed by atoms with Crippen molar-refractivity contribution in [3.05, 3.63) is 27.7 Å². The molecule has 0 aromatic heterocycles. The number of phenols is 1. The quantitative estimate of drug-likeness (QED) is 0.808. The summed E-state index contributed by atoms with van der Waals surface area (Å²) in [6.07, 6.45) is 0.417. The van der Waals surface area contributed by atoms with Gasteiger partial charge >= 0.3 is 0 Å². The molecule has 1 atom stereocenters. The summed E-state index contributed by atoms with van der Waals surface area (Å²) in [5.74, 6) is -2.44. The summed E-state index contributed by atoms with van der Waals surface area (Å²) in [7, 11) is 0. The zero-order valence-electron chi connectivity index (χ0n) is 7.52. The van der Waals surface area contributed by atoms with Crippen molar-refractivity contribution in [2.24, 2.45) is 5.73 Å². The number of hydrogen-bond acceptors (Lipinski definition) is 2. The van der Waals surface area contributed by atoms with E-state index in [0.717, 1.165) is 6.07 Å². The van der Waals surface area contributed by atoms with Gasteiger partial charge < -0.3 is 10.8 Å². The van der Waals surface area contributed by atoms with Gasteiger partial charge in [-0.05, 0) is 28.4 Å². The van der Waals surface area contributed by atoms with Crippen LogP contribution >= 0.6 is 15.9 Å². The molecular weight excluding hydrogens is 256 g/mol. The lowest BCUT2D eigenvalue weighted by molar-refractivity contribution is 0.426. The molecule has 78 valence electrons. The van der Waals surface area contributed by atoms with E-state index in [1.807, 2.05) is 0 Å². The Balaban J connectivity index is 3.39. The normalized spacial score (nSPS) is 12.9. The van der Waals surface area contributed by atoms with Crippen molar-refractivity contribution >= 4 is 15.9 Å². The molecule has 0 bridgehead atoms. The third-order valence-corrected chi connectivity index (χ3v) is 2.60. The van der Waals surface area contributed by atoms with Gasteiger partial charge in [-0.25, -0.2) is 8.78 Å². The first kappa shape index (κ1) is 11.4. The van der Waals surface area contributed by atoms with E-state index in [9.17, 15) is 13.9 Å². The number of hydrogen-bond donors (Lipinski definition) is 2. The maximum absolute atomic E-state index is 13.2. The van der Waals surface area contributed by atoms with Crippen LogP contribution in [0.5, 0.6) is 5.75 Å². The topological polar surface area (TPSA) is 46.2 Å². The molecule has 0 saturated heterocycles. The second-order valence-corrected chi connectivity index (χ2v) is 3.79. The number of halogens is 3. The van der Waals surface area contributed by atoms with Crippen molar-refractivity contribution in [3.8, 4) is 5.75 Å². The van der Waals surface area contributed by atoms with Crippen LogP contribution in [-0.2, 0) is 0 Å². The number of aromatic hydroxyl groups is 1. The molecule has 0 fully saturated rings. The largest absolute Gasteiger partial charge is 0.506 e. The first-order valence-electron chi connectivity index (χ1n) is 4.11. The van der Waals surface area contributed by atoms with Crippen molar-refractivity contribution in [2.75, 3.05) is 0 Å². The zero-order chi connectivity index (χ0) is 10.9. The first-order chi connectivity index (χ1) is 6.49. The molecule has 3 N–H and O–H groups in total. The molecule has 0 radical (unpaired) electrons. The Morgan fingerprint density at radius 2 is 2.14 bits per heavy atom. The molecule has 0 aliphatic carbocycles. The fraction of sp³-hybridized carbons (Fsp3) is 0.333. The van der Waals surface area contributed by atoms with E-state index in [1.54, 1.807) is 6.92 Å². The highest BCUT2D eigenvalue weighted by atomic mass is 79.9. The second-order valence-electron chi connectivity index (χ2n) is 2.93. The van der Waals surface area contributed by atoms with E-state index in [4.69, 9.17) is 5.73 Å². The third kappa shape index (κ3) is 1.88. The van der Waals surface area contributed by atoms with Gasteiger partial charge in [-0.1, -0.05) is 6.92 Å². The average molecular weight is 266 g/mol. The van der Waals surface area contributed by atoms with Gasteiger partial charge in [0.25, 0.3) is 0 Å². The minimum absolute atomic E-state index is 0.107. The van der Waals surface area contributed by atoms with Crippen molar-refractivity contribution in [1.82, 2.24) is 0 Å². The van der Waals surface area contributed by atoms with Crippen molar-refractivity contribution in [3.63, 3.8) is 0 Å². The molecular formula is C9H10BrF2NO. The van der Waals surface area contributed by atoms with E-state index in [0.29, 0.717) is 6.42 Å². The molecule has 1 aromatic carbocycles. The monoisotopic (exact) mass is 265 g/mol. The lowest BCUT2D eigenvalue weighted by Crippen LogP contribution is -2.12. The minimum Gasteiger partial charge on any atom is -0.506 e. The zero-order valence-corrected chi connectivity index (χ0v) is 9.11. The van der Waals surface area contributed by atoms with Gasteiger partial charge in [-0.2, -0.15) is 0 Å². The standard InChI is InChI=1S/C9H10BrF2NO/c1-2-6(13)7-8(12)5(11)3-4(10)9(7)14/h3,6,14H,2,13H2,1H3/t6-/m1/s1. The SMILES string of the molecule is CC[C@@H](N)c1c(O)c(Br)cc(F)c1F. The highest BCUT2D eigenvalue weighted by molar-refractivity contribution is 9.10. The molecule has 1 aromatic rings. The van der Waals surface area contributed by atoms with Crippen molar-refractivity contribution < 1.29 is 13.9 Å². The first-order valence-corrected chi connectivity index (χ1v) is 4.90. The number of phenolic OH excluding ortho intramolecular Hbond substituents is 1. The molecule has 14 heavy (non-hydrogen) atoms. The summed E-state index contributed by atoms with van der Waals surface area (Å²) >= 11 is 2.92. The minimum atomic E-state index is -1.08. The van der Waals surface area contributed by atoms with Gasteiger partial charge in [-0.15, -0.1) is 0 Å². The highest BCUT2D eigenvalue weighted by Crippen LogP contribution is 2.35. The Morgan fingerprint density at radius 1 is 1.57 bits per heavy atom. The van der Waals surface area contributed by atoms with Gasteiger partial charge in [0.1, 0.15) is 5.75 Å². The Hall–Kier alpha value is -0.680. The lowest BCUT2D eigenvalue weighted by Gasteiger charge is -2.13. The molecule has 0 aliphatic rings. The van der Waals surface area contributed by atoms with Gasteiger partial charge in [0.15, 0.2) is 11.6 Å². The second kappa shape index (κ2) is 4.23. The van der Waals surface area contributed by atoms with E-state index in [1.165, 1.54) is 0 Å². The van der Waals surface area contributed by atoms with Crippen molar-refractivity contribution in [1.29, 1.82) is 0 Å². The van der Waals surface area contributed by atoms with Crippen LogP contribution < -0.4 is 5.73 Å². The lowest BCUT2D eigenvalue weighted by atomic mass is 10.0. The van der Waals surface area contributed by atoms with Crippen LogP contribution in [0.2, 0.25) is 0 Å². The number of rotatable bonds is 2. The Labute approximate surface area is 88.9 Å². The molecule has 0 heterocycles. The van der Waals surface area contributed by atoms with Gasteiger partial charge in [-0.3, -0.25) is 0 Å². The summed E-state index contributed by atoms with van der Waals surface area (Å²) in [6, 6.07) is 0.165. The van der Waals surface area contributed by atoms with Crippen LogP contribution in [0, 0.1) is 11.6 Å². The predicted octanol–water partition coefficient (Wildman–Crippen LogP) is 2.84. The summed E-state index contributed by atoms with van der Waals surface area (Å²) in [4.78, 5) is 0. The third-order valence-electron chi connectivity index (χ3n) is 1.99. The molecule has 0 spiro atoms. The van der Waals surface area contributed by atoms with Crippen LogP contribution in [0.1, 0.15) is 24.9 Å². The fourth-order valence-electron chi connectivity index (χ4n) is 1.15. The van der Waals surface area contributed by atoms with Gasteiger partial charge in [0.2, 0.25) is 0 Å². The molecule has 5 heteroatoms. The number of nitrogens with two attached hydrogens (primary N) is 1. The molecule has 2 nitrogen and oxygen atoms in total. The summed E-state index contributed by atoms with van der Waals surface area (Å²) in [5, 5.41) is 9.47. The summed E-state index contributed by atoms with van der Waals surface area (Å²) in [6.45, 7) is 1.72. The van der Waals surface area contributed by atoms with Crippen LogP contribution in [0.3, 0.4) is 0 Å². The molecule has 0 saturated carbocycles. The molecule has 1 rings (SSSR count). The smallest absolute Gasteiger partial charge is 0.167 e. The predicted molar refractivity (Wildman–Crippen MR) is 52.9 cm³/mol. The average Bonchev–Trinajstić information content (AvgIpc) is 2.15. The maximum atomic E-state index is 13.2. The summed E-state index contributed by atoms with van der Waals surface area (Å²) < 4.78 is 26.3. The fourth-order valence-corrected chi connectivity index (χ4v) is 1.56. The van der Waals surface area contributed by atoms with E-state index in [-0.39, 0.29) is 15.8 Å². The van der Waals surface area contributed by atoms with Gasteiger partial charge in [0.05, 0.1) is 10.0 Å². The van der Waals surface area contributed by atoms with E-state index >= 15 is 0 Å². The Kier molecular flexibility index (Phi) is 3.44. The van der Waals surface area contributed by atoms with E-state index < -0.39 is 17.7 Å². The molecule has 0 unspecified atom stereocenters. The van der Waals surface area contributed by atoms with Crippen molar-refractivity contribution in [2.45, 2.75) is 19.4 Å². The number of benzene rings is 1. The van der Waals surface area contributed by atoms with Crippen LogP contribution in [0.4, 0.5) is 8.78 Å². The highest BCUT2D eigenvalue weighted by Gasteiger charge is 2.20.